The van der Waals surface area contributed by atoms with Crippen LogP contribution in [-0.2, 0) is 19.8 Å². The van der Waals surface area contributed by atoms with Crippen molar-refractivity contribution in [3.63, 3.8) is 0 Å². The molecule has 133 valence electrons. The molecule has 2 rings (SSSR count). The van der Waals surface area contributed by atoms with Gasteiger partial charge in [0.25, 0.3) is 0 Å². The van der Waals surface area contributed by atoms with Crippen molar-refractivity contribution in [3.05, 3.63) is 54.1 Å². The summed E-state index contributed by atoms with van der Waals surface area (Å²) in [5, 5.41) is 10.0. The molecule has 4 N–H and O–H groups in total. The standard InChI is InChI=1S/C18H23N3O3P/c1-3-23-25(22,24-4-2)13-14-8-10-15(11-9-14)16-6-5-7-17(12-16)21-18(19)20/h5,7-12H,3-4,13H2,1-2H3,(H4,19,20,21). The first kappa shape index (κ1) is 19.2. The lowest BCUT2D eigenvalue weighted by molar-refractivity contribution is 0.219. The summed E-state index contributed by atoms with van der Waals surface area (Å²) < 4.78 is 23.3. The van der Waals surface area contributed by atoms with E-state index in [2.05, 4.69) is 11.4 Å². The first-order valence-corrected chi connectivity index (χ1v) is 9.79. The zero-order valence-electron chi connectivity index (χ0n) is 14.4. The Labute approximate surface area is 148 Å². The second-order valence-electron chi connectivity index (χ2n) is 5.33. The van der Waals surface area contributed by atoms with Crippen molar-refractivity contribution in [2.45, 2.75) is 20.0 Å². The summed E-state index contributed by atoms with van der Waals surface area (Å²) in [7, 11) is -3.11. The predicted molar refractivity (Wildman–Crippen MR) is 101 cm³/mol. The van der Waals surface area contributed by atoms with E-state index in [1.807, 2.05) is 30.3 Å². The zero-order valence-corrected chi connectivity index (χ0v) is 15.3. The molecule has 1 radical (unpaired) electrons. The van der Waals surface area contributed by atoms with Crippen LogP contribution in [0.2, 0.25) is 0 Å². The third-order valence-electron chi connectivity index (χ3n) is 3.37. The molecule has 0 amide bonds. The lowest BCUT2D eigenvalue weighted by Crippen LogP contribution is -2.20. The summed E-state index contributed by atoms with van der Waals surface area (Å²) in [6.45, 7) is 4.29. The van der Waals surface area contributed by atoms with E-state index in [-0.39, 0.29) is 12.1 Å². The Morgan fingerprint density at radius 1 is 1.20 bits per heavy atom. The predicted octanol–water partition coefficient (Wildman–Crippen LogP) is 4.23. The van der Waals surface area contributed by atoms with Gasteiger partial charge in [0, 0.05) is 5.69 Å². The minimum absolute atomic E-state index is 0.116. The van der Waals surface area contributed by atoms with Crippen LogP contribution < -0.4 is 11.1 Å². The van der Waals surface area contributed by atoms with Crippen molar-refractivity contribution in [2.75, 3.05) is 18.5 Å². The van der Waals surface area contributed by atoms with Crippen LogP contribution >= 0.6 is 7.60 Å². The Kier molecular flexibility index (Phi) is 6.76. The molecule has 0 aliphatic rings. The molecule has 6 nitrogen and oxygen atoms in total. The van der Waals surface area contributed by atoms with Gasteiger partial charge in [-0.1, -0.05) is 30.3 Å². The molecule has 0 atom stereocenters. The molecular weight excluding hydrogens is 337 g/mol. The average molecular weight is 360 g/mol. The fourth-order valence-corrected chi connectivity index (χ4v) is 4.10. The molecule has 0 aromatic heterocycles. The van der Waals surface area contributed by atoms with E-state index < -0.39 is 7.60 Å². The molecule has 25 heavy (non-hydrogen) atoms. The second kappa shape index (κ2) is 8.81. The van der Waals surface area contributed by atoms with Gasteiger partial charge in [-0.15, -0.1) is 0 Å². The third kappa shape index (κ3) is 5.71. The van der Waals surface area contributed by atoms with Gasteiger partial charge in [0.1, 0.15) is 0 Å². The van der Waals surface area contributed by atoms with E-state index in [1.165, 1.54) is 0 Å². The van der Waals surface area contributed by atoms with Crippen LogP contribution in [0.1, 0.15) is 19.4 Å². The van der Waals surface area contributed by atoms with E-state index in [9.17, 15) is 4.57 Å². The number of anilines is 1. The third-order valence-corrected chi connectivity index (χ3v) is 5.43. The first-order chi connectivity index (χ1) is 12.0. The Balaban J connectivity index is 2.17. The minimum atomic E-state index is -3.11. The Hall–Kier alpha value is -2.14. The fourth-order valence-electron chi connectivity index (χ4n) is 2.40. The minimum Gasteiger partial charge on any atom is -0.370 e. The van der Waals surface area contributed by atoms with Crippen LogP contribution in [0.25, 0.3) is 11.1 Å². The van der Waals surface area contributed by atoms with E-state index in [0.29, 0.717) is 13.2 Å². The molecule has 7 heteroatoms. The lowest BCUT2D eigenvalue weighted by atomic mass is 10.0. The molecule has 2 aromatic rings. The fraction of sp³-hybridized carbons (Fsp3) is 0.278. The maximum Gasteiger partial charge on any atom is 0.335 e. The Bertz CT molecular complexity index is 752. The lowest BCUT2D eigenvalue weighted by Gasteiger charge is -2.17. The van der Waals surface area contributed by atoms with Crippen molar-refractivity contribution in [2.24, 2.45) is 5.73 Å². The van der Waals surface area contributed by atoms with Crippen LogP contribution in [0.4, 0.5) is 5.69 Å². The summed E-state index contributed by atoms with van der Waals surface area (Å²) in [6.07, 6.45) is 0.241. The molecule has 0 saturated heterocycles. The molecule has 0 unspecified atom stereocenters. The second-order valence-corrected chi connectivity index (χ2v) is 7.39. The van der Waals surface area contributed by atoms with Gasteiger partial charge in [-0.3, -0.25) is 9.97 Å². The molecule has 0 bridgehead atoms. The molecule has 0 saturated carbocycles. The Morgan fingerprint density at radius 2 is 1.84 bits per heavy atom. The smallest absolute Gasteiger partial charge is 0.335 e. The largest absolute Gasteiger partial charge is 0.370 e. The van der Waals surface area contributed by atoms with Crippen molar-refractivity contribution in [3.8, 4) is 11.1 Å². The monoisotopic (exact) mass is 360 g/mol. The quantitative estimate of drug-likeness (QED) is 0.372. The van der Waals surface area contributed by atoms with Crippen molar-refractivity contribution in [1.29, 1.82) is 5.41 Å². The molecule has 0 aliphatic carbocycles. The van der Waals surface area contributed by atoms with Crippen molar-refractivity contribution >= 4 is 19.2 Å². The van der Waals surface area contributed by atoms with Crippen LogP contribution in [0.15, 0.2) is 42.5 Å². The summed E-state index contributed by atoms with van der Waals surface area (Å²) >= 11 is 0. The van der Waals surface area contributed by atoms with Gasteiger partial charge in [0.15, 0.2) is 5.96 Å². The van der Waals surface area contributed by atoms with E-state index >= 15 is 0 Å². The molecule has 0 fully saturated rings. The van der Waals surface area contributed by atoms with Gasteiger partial charge in [-0.2, -0.15) is 0 Å². The summed E-state index contributed by atoms with van der Waals surface area (Å²) in [6, 6.07) is 16.2. The highest BCUT2D eigenvalue weighted by atomic mass is 31.2. The number of guanidine groups is 1. The number of hydrogen-bond acceptors (Lipinski definition) is 4. The van der Waals surface area contributed by atoms with Crippen LogP contribution in [-0.4, -0.2) is 19.2 Å². The molecular formula is C18H23N3O3P. The van der Waals surface area contributed by atoms with Gasteiger partial charge in [-0.05, 0) is 48.7 Å². The highest BCUT2D eigenvalue weighted by Crippen LogP contribution is 2.51. The summed E-state index contributed by atoms with van der Waals surface area (Å²) in [4.78, 5) is 0. The van der Waals surface area contributed by atoms with E-state index in [0.717, 1.165) is 22.4 Å². The SMILES string of the molecule is CCOP(=O)(Cc1ccc(-c2[c]ccc(NC(=N)N)c2)cc1)OCC. The van der Waals surface area contributed by atoms with E-state index in [4.69, 9.17) is 20.2 Å². The summed E-state index contributed by atoms with van der Waals surface area (Å²) in [5.41, 5.74) is 8.79. The number of nitrogens with one attached hydrogen (secondary N) is 2. The first-order valence-electron chi connectivity index (χ1n) is 8.06. The van der Waals surface area contributed by atoms with E-state index in [1.54, 1.807) is 26.0 Å². The maximum atomic E-state index is 12.6. The van der Waals surface area contributed by atoms with Gasteiger partial charge in [0.2, 0.25) is 0 Å². The van der Waals surface area contributed by atoms with Crippen LogP contribution in [0, 0.1) is 11.5 Å². The summed E-state index contributed by atoms with van der Waals surface area (Å²) in [5.74, 6) is -0.116. The molecule has 0 heterocycles. The molecule has 0 aliphatic heterocycles. The van der Waals surface area contributed by atoms with Crippen LogP contribution in [0.3, 0.4) is 0 Å². The number of nitrogens with two attached hydrogens (primary N) is 1. The van der Waals surface area contributed by atoms with Crippen molar-refractivity contribution in [1.82, 2.24) is 0 Å². The number of benzene rings is 2. The van der Waals surface area contributed by atoms with Crippen molar-refractivity contribution < 1.29 is 13.6 Å². The topological polar surface area (TPSA) is 97.4 Å². The normalized spacial score (nSPS) is 11.3. The molecule has 2 aromatic carbocycles. The Morgan fingerprint density at radius 3 is 2.40 bits per heavy atom. The van der Waals surface area contributed by atoms with Gasteiger partial charge >= 0.3 is 7.60 Å². The average Bonchev–Trinajstić information content (AvgIpc) is 2.55. The maximum absolute atomic E-state index is 12.6. The highest BCUT2D eigenvalue weighted by Gasteiger charge is 2.23. The number of rotatable bonds is 8. The molecule has 0 spiro atoms. The van der Waals surface area contributed by atoms with Gasteiger partial charge in [0.05, 0.1) is 19.4 Å². The van der Waals surface area contributed by atoms with Gasteiger partial charge in [-0.25, -0.2) is 0 Å². The zero-order chi connectivity index (χ0) is 18.3. The van der Waals surface area contributed by atoms with Crippen LogP contribution in [0.5, 0.6) is 0 Å². The van der Waals surface area contributed by atoms with Gasteiger partial charge < -0.3 is 20.1 Å². The highest BCUT2D eigenvalue weighted by molar-refractivity contribution is 7.53. The number of hydrogen-bond donors (Lipinski definition) is 3.